The van der Waals surface area contributed by atoms with Crippen molar-refractivity contribution in [2.75, 3.05) is 12.4 Å². The average Bonchev–Trinajstić information content (AvgIpc) is 2.86. The van der Waals surface area contributed by atoms with E-state index in [4.69, 9.17) is 0 Å². The molecule has 7 nitrogen and oxygen atoms in total. The Kier molecular flexibility index (Phi) is 5.08. The molecule has 3 amide bonds. The maximum Gasteiger partial charge on any atom is 0.261 e. The number of carbonyl (C=O) groups is 3. The molecule has 0 unspecified atom stereocenters. The third kappa shape index (κ3) is 3.55. The molecule has 1 heterocycles. The summed E-state index contributed by atoms with van der Waals surface area (Å²) in [5.74, 6) is -1.09. The Morgan fingerprint density at radius 3 is 2.21 bits per heavy atom. The Morgan fingerprint density at radius 1 is 1.00 bits per heavy atom. The first-order chi connectivity index (χ1) is 13.1. The van der Waals surface area contributed by atoms with Crippen LogP contribution in [0.5, 0.6) is 0 Å². The predicted molar refractivity (Wildman–Crippen MR) is 104 cm³/mol. The highest BCUT2D eigenvalue weighted by atomic mass is 32.2. The summed E-state index contributed by atoms with van der Waals surface area (Å²) in [5.41, 5.74) is 1.65. The molecule has 1 aliphatic rings. The molecule has 2 aromatic carbocycles. The van der Waals surface area contributed by atoms with Gasteiger partial charge in [0.05, 0.1) is 27.7 Å². The molecule has 0 radical (unpaired) electrons. The van der Waals surface area contributed by atoms with Gasteiger partial charge in [0.15, 0.2) is 9.84 Å². The molecule has 0 saturated carbocycles. The SMILES string of the molecule is CC(C)S(=O)(=O)c1ccc(CC(=O)Nc2ccc3c(c2)C(=O)N(C)C3=O)cc1. The monoisotopic (exact) mass is 400 g/mol. The lowest BCUT2D eigenvalue weighted by Crippen LogP contribution is -2.24. The van der Waals surface area contributed by atoms with Gasteiger partial charge in [0, 0.05) is 12.7 Å². The van der Waals surface area contributed by atoms with Gasteiger partial charge in [-0.05, 0) is 49.7 Å². The van der Waals surface area contributed by atoms with Crippen LogP contribution in [0.1, 0.15) is 40.1 Å². The van der Waals surface area contributed by atoms with Crippen molar-refractivity contribution < 1.29 is 22.8 Å². The van der Waals surface area contributed by atoms with Crippen LogP contribution in [0.4, 0.5) is 5.69 Å². The average molecular weight is 400 g/mol. The third-order valence-electron chi connectivity index (χ3n) is 4.61. The maximum atomic E-state index is 12.3. The van der Waals surface area contributed by atoms with Crippen LogP contribution in [-0.2, 0) is 21.1 Å². The smallest absolute Gasteiger partial charge is 0.261 e. The second kappa shape index (κ2) is 7.20. The van der Waals surface area contributed by atoms with E-state index < -0.39 is 21.0 Å². The van der Waals surface area contributed by atoms with E-state index in [1.807, 2.05) is 0 Å². The van der Waals surface area contributed by atoms with Gasteiger partial charge in [-0.1, -0.05) is 12.1 Å². The minimum absolute atomic E-state index is 0.0475. The number of nitrogens with one attached hydrogen (secondary N) is 1. The molecular weight excluding hydrogens is 380 g/mol. The number of fused-ring (bicyclic) bond motifs is 1. The van der Waals surface area contributed by atoms with E-state index in [1.165, 1.54) is 31.3 Å². The quantitative estimate of drug-likeness (QED) is 0.776. The summed E-state index contributed by atoms with van der Waals surface area (Å²) in [4.78, 5) is 37.5. The number of anilines is 1. The third-order valence-corrected chi connectivity index (χ3v) is 6.78. The van der Waals surface area contributed by atoms with Gasteiger partial charge in [0.25, 0.3) is 11.8 Å². The molecule has 0 aliphatic carbocycles. The number of hydrogen-bond donors (Lipinski definition) is 1. The molecule has 28 heavy (non-hydrogen) atoms. The fraction of sp³-hybridized carbons (Fsp3) is 0.250. The first-order valence-electron chi connectivity index (χ1n) is 8.70. The van der Waals surface area contributed by atoms with Crippen molar-refractivity contribution in [1.82, 2.24) is 4.90 Å². The topological polar surface area (TPSA) is 101 Å². The van der Waals surface area contributed by atoms with Crippen LogP contribution in [0.25, 0.3) is 0 Å². The zero-order valence-corrected chi connectivity index (χ0v) is 16.5. The second-order valence-electron chi connectivity index (χ2n) is 6.89. The summed E-state index contributed by atoms with van der Waals surface area (Å²) in [7, 11) is -1.95. The van der Waals surface area contributed by atoms with Crippen molar-refractivity contribution in [3.63, 3.8) is 0 Å². The molecule has 2 aromatic rings. The van der Waals surface area contributed by atoms with Gasteiger partial charge in [-0.25, -0.2) is 8.42 Å². The number of carbonyl (C=O) groups excluding carboxylic acids is 3. The molecule has 0 atom stereocenters. The van der Waals surface area contributed by atoms with Gasteiger partial charge in [0.1, 0.15) is 0 Å². The predicted octanol–water partition coefficient (Wildman–Crippen LogP) is 2.28. The van der Waals surface area contributed by atoms with E-state index in [0.717, 1.165) is 4.90 Å². The summed E-state index contributed by atoms with van der Waals surface area (Å²) in [6, 6.07) is 10.8. The van der Waals surface area contributed by atoms with Crippen molar-refractivity contribution in [3.8, 4) is 0 Å². The molecule has 146 valence electrons. The van der Waals surface area contributed by atoms with Crippen LogP contribution in [0, 0.1) is 0 Å². The van der Waals surface area contributed by atoms with E-state index in [2.05, 4.69) is 5.32 Å². The first-order valence-corrected chi connectivity index (χ1v) is 10.2. The van der Waals surface area contributed by atoms with Gasteiger partial charge in [-0.3, -0.25) is 19.3 Å². The lowest BCUT2D eigenvalue weighted by molar-refractivity contribution is -0.115. The zero-order valence-electron chi connectivity index (χ0n) is 15.7. The number of hydrogen-bond acceptors (Lipinski definition) is 5. The van der Waals surface area contributed by atoms with Crippen LogP contribution in [0.3, 0.4) is 0 Å². The van der Waals surface area contributed by atoms with Crippen molar-refractivity contribution in [2.45, 2.75) is 30.4 Å². The molecule has 1 N–H and O–H groups in total. The molecule has 0 saturated heterocycles. The Balaban J connectivity index is 1.70. The van der Waals surface area contributed by atoms with Crippen molar-refractivity contribution in [1.29, 1.82) is 0 Å². The lowest BCUT2D eigenvalue weighted by atomic mass is 10.1. The van der Waals surface area contributed by atoms with Gasteiger partial charge in [-0.2, -0.15) is 0 Å². The second-order valence-corrected chi connectivity index (χ2v) is 9.40. The lowest BCUT2D eigenvalue weighted by Gasteiger charge is -2.09. The summed E-state index contributed by atoms with van der Waals surface area (Å²) >= 11 is 0. The highest BCUT2D eigenvalue weighted by Crippen LogP contribution is 2.25. The minimum atomic E-state index is -3.35. The molecule has 1 aliphatic heterocycles. The number of nitrogens with zero attached hydrogens (tertiary/aromatic N) is 1. The van der Waals surface area contributed by atoms with Gasteiger partial charge in [0.2, 0.25) is 5.91 Å². The van der Waals surface area contributed by atoms with Gasteiger partial charge in [-0.15, -0.1) is 0 Å². The number of imide groups is 1. The van der Waals surface area contributed by atoms with Gasteiger partial charge >= 0.3 is 0 Å². The van der Waals surface area contributed by atoms with Crippen LogP contribution < -0.4 is 5.32 Å². The Morgan fingerprint density at radius 2 is 1.61 bits per heavy atom. The fourth-order valence-electron chi connectivity index (χ4n) is 2.90. The number of sulfone groups is 1. The molecule has 8 heteroatoms. The molecule has 0 spiro atoms. The molecule has 0 fully saturated rings. The number of rotatable bonds is 5. The van der Waals surface area contributed by atoms with Crippen LogP contribution >= 0.6 is 0 Å². The Labute approximate surface area is 163 Å². The summed E-state index contributed by atoms with van der Waals surface area (Å²) < 4.78 is 24.3. The van der Waals surface area contributed by atoms with Crippen LogP contribution in [-0.4, -0.2) is 43.3 Å². The van der Waals surface area contributed by atoms with E-state index in [9.17, 15) is 22.8 Å². The highest BCUT2D eigenvalue weighted by molar-refractivity contribution is 7.92. The Hall–Kier alpha value is -3.00. The fourth-order valence-corrected chi connectivity index (χ4v) is 3.96. The largest absolute Gasteiger partial charge is 0.326 e. The van der Waals surface area contributed by atoms with Crippen molar-refractivity contribution in [2.24, 2.45) is 0 Å². The molecule has 0 aromatic heterocycles. The summed E-state index contributed by atoms with van der Waals surface area (Å²) in [6.07, 6.45) is 0.0475. The standard InChI is InChI=1S/C20H20N2O5S/c1-12(2)28(26,27)15-7-4-13(5-8-15)10-18(23)21-14-6-9-16-17(11-14)20(25)22(3)19(16)24/h4-9,11-12H,10H2,1-3H3,(H,21,23). The van der Waals surface area contributed by atoms with E-state index in [0.29, 0.717) is 16.8 Å². The summed E-state index contributed by atoms with van der Waals surface area (Å²) in [5, 5.41) is 2.18. The Bertz CT molecular complexity index is 1070. The summed E-state index contributed by atoms with van der Waals surface area (Å²) in [6.45, 7) is 3.23. The van der Waals surface area contributed by atoms with Crippen molar-refractivity contribution in [3.05, 3.63) is 59.2 Å². The number of benzene rings is 2. The maximum absolute atomic E-state index is 12.3. The minimum Gasteiger partial charge on any atom is -0.326 e. The molecule has 0 bridgehead atoms. The van der Waals surface area contributed by atoms with Crippen LogP contribution in [0.2, 0.25) is 0 Å². The van der Waals surface area contributed by atoms with Crippen LogP contribution in [0.15, 0.2) is 47.4 Å². The van der Waals surface area contributed by atoms with Crippen molar-refractivity contribution >= 4 is 33.2 Å². The normalized spacial score (nSPS) is 13.8. The van der Waals surface area contributed by atoms with E-state index in [1.54, 1.807) is 32.0 Å². The number of amides is 3. The van der Waals surface area contributed by atoms with E-state index in [-0.39, 0.29) is 28.7 Å². The zero-order chi connectivity index (χ0) is 20.6. The highest BCUT2D eigenvalue weighted by Gasteiger charge is 2.32. The molecule has 3 rings (SSSR count). The van der Waals surface area contributed by atoms with Gasteiger partial charge < -0.3 is 5.32 Å². The van der Waals surface area contributed by atoms with E-state index >= 15 is 0 Å². The first kappa shape index (κ1) is 19.8. The molecular formula is C20H20N2O5S.